The first-order valence-corrected chi connectivity index (χ1v) is 5.56. The normalized spacial score (nSPS) is 44.9. The highest BCUT2D eigenvalue weighted by Crippen LogP contribution is 2.34. The van der Waals surface area contributed by atoms with Crippen LogP contribution in [0.3, 0.4) is 0 Å². The van der Waals surface area contributed by atoms with Crippen molar-refractivity contribution in [2.75, 3.05) is 0 Å². The first kappa shape index (κ1) is 15.3. The summed E-state index contributed by atoms with van der Waals surface area (Å²) < 4.78 is 0. The van der Waals surface area contributed by atoms with E-state index in [9.17, 15) is 35.4 Å². The number of carboxylic acids is 1. The van der Waals surface area contributed by atoms with E-state index in [0.717, 1.165) is 0 Å². The molecule has 1 aliphatic carbocycles. The average Bonchev–Trinajstić information content (AvgIpc) is 2.32. The molecule has 0 aromatic carbocycles. The minimum atomic E-state index is -2.26. The van der Waals surface area contributed by atoms with Gasteiger partial charge in [-0.15, -0.1) is 0 Å². The quantitative estimate of drug-likeness (QED) is 0.280. The van der Waals surface area contributed by atoms with E-state index in [1.807, 2.05) is 0 Å². The van der Waals surface area contributed by atoms with Crippen molar-refractivity contribution in [2.24, 2.45) is 0 Å². The lowest BCUT2D eigenvalue weighted by Crippen LogP contribution is -2.70. The molecule has 0 aromatic rings. The molecule has 0 amide bonds. The summed E-state index contributed by atoms with van der Waals surface area (Å²) in [7, 11) is 0. The number of aliphatic carboxylic acids is 1. The maximum atomic E-state index is 10.3. The highest BCUT2D eigenvalue weighted by molar-refractivity contribution is 5.66. The Morgan fingerprint density at radius 2 is 1.39 bits per heavy atom. The summed E-state index contributed by atoms with van der Waals surface area (Å²) in [4.78, 5) is 10.3. The van der Waals surface area contributed by atoms with Gasteiger partial charge in [-0.05, 0) is 12.8 Å². The fourth-order valence-electron chi connectivity index (χ4n) is 2.16. The smallest absolute Gasteiger partial charge is 0.303 e. The average molecular weight is 266 g/mol. The van der Waals surface area contributed by atoms with Gasteiger partial charge in [0.1, 0.15) is 36.1 Å². The first-order chi connectivity index (χ1) is 8.21. The van der Waals surface area contributed by atoms with Gasteiger partial charge in [0, 0.05) is 6.42 Å². The zero-order chi connectivity index (χ0) is 14.1. The van der Waals surface area contributed by atoms with Crippen molar-refractivity contribution in [2.45, 2.75) is 55.4 Å². The Kier molecular flexibility index (Phi) is 4.65. The minimum absolute atomic E-state index is 0.0600. The summed E-state index contributed by atoms with van der Waals surface area (Å²) in [5, 5.41) is 66.0. The summed E-state index contributed by atoms with van der Waals surface area (Å²) in [5.74, 6) is -1.11. The van der Waals surface area contributed by atoms with Gasteiger partial charge in [0.2, 0.25) is 0 Å². The standard InChI is InChI=1S/C10H18O8/c11-4(12)2-1-3-10(18)8(16)6(14)5(13)7(15)9(10)17/h5-9,13-18H,1-3H2,(H,11,12)/t5?,6-,7+,8-,9-,10?/m1/s1. The molecule has 0 heterocycles. The van der Waals surface area contributed by atoms with E-state index in [4.69, 9.17) is 5.11 Å². The molecule has 18 heavy (non-hydrogen) atoms. The van der Waals surface area contributed by atoms with E-state index in [1.165, 1.54) is 0 Å². The highest BCUT2D eigenvalue weighted by atomic mass is 16.4. The first-order valence-electron chi connectivity index (χ1n) is 5.56. The van der Waals surface area contributed by atoms with Crippen LogP contribution in [0.25, 0.3) is 0 Å². The Hall–Kier alpha value is -0.770. The fraction of sp³-hybridized carbons (Fsp3) is 0.900. The van der Waals surface area contributed by atoms with Crippen LogP contribution in [-0.4, -0.2) is 77.8 Å². The molecule has 8 heteroatoms. The molecule has 1 rings (SSSR count). The maximum Gasteiger partial charge on any atom is 0.303 e. The van der Waals surface area contributed by atoms with Crippen LogP contribution < -0.4 is 0 Å². The lowest BCUT2D eigenvalue weighted by Gasteiger charge is -2.47. The van der Waals surface area contributed by atoms with Crippen LogP contribution in [0.15, 0.2) is 0 Å². The van der Waals surface area contributed by atoms with Gasteiger partial charge in [-0.1, -0.05) is 0 Å². The van der Waals surface area contributed by atoms with Crippen LogP contribution in [0.4, 0.5) is 0 Å². The number of hydrogen-bond donors (Lipinski definition) is 7. The molecule has 6 atom stereocenters. The molecule has 0 spiro atoms. The van der Waals surface area contributed by atoms with Gasteiger partial charge in [0.25, 0.3) is 0 Å². The molecule has 0 bridgehead atoms. The van der Waals surface area contributed by atoms with Gasteiger partial charge in [0.05, 0.1) is 0 Å². The van der Waals surface area contributed by atoms with Crippen molar-refractivity contribution in [3.8, 4) is 0 Å². The summed E-state index contributed by atoms with van der Waals surface area (Å²) in [5.41, 5.74) is -2.26. The van der Waals surface area contributed by atoms with E-state index < -0.39 is 42.1 Å². The second-order valence-corrected chi connectivity index (χ2v) is 4.60. The zero-order valence-electron chi connectivity index (χ0n) is 9.55. The van der Waals surface area contributed by atoms with E-state index in [1.54, 1.807) is 0 Å². The summed E-state index contributed by atoms with van der Waals surface area (Å²) >= 11 is 0. The van der Waals surface area contributed by atoms with Crippen LogP contribution >= 0.6 is 0 Å². The number of hydrogen-bond acceptors (Lipinski definition) is 7. The number of rotatable bonds is 4. The molecule has 1 aliphatic rings. The molecule has 8 nitrogen and oxygen atoms in total. The summed E-state index contributed by atoms with van der Waals surface area (Å²) in [6.07, 6.45) is -9.86. The predicted molar refractivity (Wildman–Crippen MR) is 56.5 cm³/mol. The van der Waals surface area contributed by atoms with Gasteiger partial charge < -0.3 is 35.7 Å². The molecular formula is C10H18O8. The SMILES string of the molecule is O=C(O)CCCC1(O)[C@H](O)[C@H](O)C(O)[C@H](O)[C@H]1O. The minimum Gasteiger partial charge on any atom is -0.481 e. The van der Waals surface area contributed by atoms with Gasteiger partial charge in [-0.2, -0.15) is 0 Å². The van der Waals surface area contributed by atoms with Crippen LogP contribution in [0.5, 0.6) is 0 Å². The predicted octanol–water partition coefficient (Wildman–Crippen LogP) is -3.21. The van der Waals surface area contributed by atoms with E-state index >= 15 is 0 Å². The number of carbonyl (C=O) groups is 1. The third kappa shape index (κ3) is 2.63. The third-order valence-corrected chi connectivity index (χ3v) is 3.34. The van der Waals surface area contributed by atoms with E-state index in [0.29, 0.717) is 0 Å². The Morgan fingerprint density at radius 3 is 1.78 bits per heavy atom. The van der Waals surface area contributed by atoms with Crippen molar-refractivity contribution in [3.05, 3.63) is 0 Å². The van der Waals surface area contributed by atoms with E-state index in [2.05, 4.69) is 0 Å². The van der Waals surface area contributed by atoms with Crippen molar-refractivity contribution in [3.63, 3.8) is 0 Å². The Balaban J connectivity index is 2.79. The molecular weight excluding hydrogens is 248 g/mol. The van der Waals surface area contributed by atoms with Gasteiger partial charge in [-0.25, -0.2) is 0 Å². The van der Waals surface area contributed by atoms with Crippen LogP contribution in [0, 0.1) is 0 Å². The Bertz CT molecular complexity index is 290. The van der Waals surface area contributed by atoms with Crippen molar-refractivity contribution in [1.29, 1.82) is 0 Å². The molecule has 2 unspecified atom stereocenters. The monoisotopic (exact) mass is 266 g/mol. The lowest BCUT2D eigenvalue weighted by molar-refractivity contribution is -0.270. The fourth-order valence-corrected chi connectivity index (χ4v) is 2.16. The highest BCUT2D eigenvalue weighted by Gasteiger charge is 2.56. The molecule has 0 aromatic heterocycles. The molecule has 1 saturated carbocycles. The molecule has 7 N–H and O–H groups in total. The zero-order valence-corrected chi connectivity index (χ0v) is 9.55. The van der Waals surface area contributed by atoms with Crippen LogP contribution in [0.1, 0.15) is 19.3 Å². The second kappa shape index (κ2) is 5.47. The second-order valence-electron chi connectivity index (χ2n) is 4.60. The van der Waals surface area contributed by atoms with Crippen molar-refractivity contribution < 1.29 is 40.5 Å². The van der Waals surface area contributed by atoms with Crippen molar-refractivity contribution in [1.82, 2.24) is 0 Å². The molecule has 106 valence electrons. The number of carboxylic acid groups (broad SMARTS) is 1. The molecule has 0 aliphatic heterocycles. The maximum absolute atomic E-state index is 10.3. The summed E-state index contributed by atoms with van der Waals surface area (Å²) in [6, 6.07) is 0. The topological polar surface area (TPSA) is 159 Å². The number of aliphatic hydroxyl groups excluding tert-OH is 5. The molecule has 0 saturated heterocycles. The van der Waals surface area contributed by atoms with Gasteiger partial charge in [0.15, 0.2) is 0 Å². The van der Waals surface area contributed by atoms with Crippen LogP contribution in [0.2, 0.25) is 0 Å². The Morgan fingerprint density at radius 1 is 0.944 bits per heavy atom. The number of aliphatic hydroxyl groups is 6. The summed E-state index contributed by atoms with van der Waals surface area (Å²) in [6.45, 7) is 0. The lowest BCUT2D eigenvalue weighted by atomic mass is 9.72. The van der Waals surface area contributed by atoms with Crippen molar-refractivity contribution >= 4 is 5.97 Å². The molecule has 0 radical (unpaired) electrons. The largest absolute Gasteiger partial charge is 0.481 e. The Labute approximate surface area is 103 Å². The molecule has 1 fully saturated rings. The van der Waals surface area contributed by atoms with E-state index in [-0.39, 0.29) is 19.3 Å². The third-order valence-electron chi connectivity index (χ3n) is 3.34. The van der Waals surface area contributed by atoms with Crippen LogP contribution in [-0.2, 0) is 4.79 Å². The van der Waals surface area contributed by atoms with Gasteiger partial charge in [-0.3, -0.25) is 4.79 Å². The van der Waals surface area contributed by atoms with Gasteiger partial charge >= 0.3 is 5.97 Å².